The molecule has 1 aromatic heterocycles. The zero-order valence-corrected chi connectivity index (χ0v) is 23.7. The van der Waals surface area contributed by atoms with Gasteiger partial charge in [-0.25, -0.2) is 9.78 Å². The van der Waals surface area contributed by atoms with Gasteiger partial charge in [0.05, 0.1) is 31.3 Å². The molecule has 0 spiro atoms. The minimum Gasteiger partial charge on any atom is -0.494 e. The number of benzene rings is 2. The molecular formula is C33H44N2O4. The molecule has 6 nitrogen and oxygen atoms in total. The molecule has 6 heteroatoms. The molecule has 0 aliphatic carbocycles. The maximum absolute atomic E-state index is 12.5. The molecule has 0 atom stereocenters. The summed E-state index contributed by atoms with van der Waals surface area (Å²) in [5.74, 6) is 1.51. The summed E-state index contributed by atoms with van der Waals surface area (Å²) in [7, 11) is 0. The van der Waals surface area contributed by atoms with E-state index >= 15 is 0 Å². The van der Waals surface area contributed by atoms with Gasteiger partial charge in [-0.3, -0.25) is 4.98 Å². The molecule has 0 fully saturated rings. The smallest absolute Gasteiger partial charge is 0.363 e. The second-order valence-corrected chi connectivity index (χ2v) is 9.90. The highest BCUT2D eigenvalue weighted by Gasteiger charge is 2.12. The quantitative estimate of drug-likeness (QED) is 0.0872. The van der Waals surface area contributed by atoms with Crippen molar-refractivity contribution in [1.29, 1.82) is 0 Å². The van der Waals surface area contributed by atoms with Crippen molar-refractivity contribution in [3.05, 3.63) is 66.6 Å². The monoisotopic (exact) mass is 532 g/mol. The van der Waals surface area contributed by atoms with Crippen molar-refractivity contribution in [3.63, 3.8) is 0 Å². The van der Waals surface area contributed by atoms with Crippen LogP contribution in [0.3, 0.4) is 0 Å². The van der Waals surface area contributed by atoms with Gasteiger partial charge in [0.2, 0.25) is 0 Å². The number of rotatable bonds is 19. The van der Waals surface area contributed by atoms with Crippen LogP contribution < -0.4 is 14.2 Å². The van der Waals surface area contributed by atoms with Gasteiger partial charge in [-0.2, -0.15) is 0 Å². The molecule has 3 rings (SSSR count). The van der Waals surface area contributed by atoms with Crippen molar-refractivity contribution in [2.24, 2.45) is 0 Å². The Hall–Kier alpha value is -3.41. The van der Waals surface area contributed by atoms with Crippen LogP contribution in [-0.4, -0.2) is 29.2 Å². The number of aromatic nitrogens is 2. The third-order valence-electron chi connectivity index (χ3n) is 6.58. The van der Waals surface area contributed by atoms with E-state index in [2.05, 4.69) is 23.8 Å². The summed E-state index contributed by atoms with van der Waals surface area (Å²) < 4.78 is 17.1. The highest BCUT2D eigenvalue weighted by atomic mass is 16.5. The van der Waals surface area contributed by atoms with Crippen LogP contribution in [0.25, 0.3) is 11.3 Å². The molecule has 0 saturated carbocycles. The van der Waals surface area contributed by atoms with E-state index in [1.165, 1.54) is 70.4 Å². The summed E-state index contributed by atoms with van der Waals surface area (Å²) in [6, 6.07) is 14.9. The van der Waals surface area contributed by atoms with E-state index < -0.39 is 5.97 Å². The molecule has 0 radical (unpaired) electrons. The number of carbonyl (C=O) groups is 1. The average Bonchev–Trinajstić information content (AvgIpc) is 2.97. The van der Waals surface area contributed by atoms with E-state index in [0.717, 1.165) is 36.5 Å². The Morgan fingerprint density at radius 1 is 0.590 bits per heavy atom. The Morgan fingerprint density at radius 2 is 1.08 bits per heavy atom. The zero-order chi connectivity index (χ0) is 27.5. The predicted octanol–water partition coefficient (Wildman–Crippen LogP) is 8.84. The number of carbonyl (C=O) groups excluding carboxylic acids is 1. The van der Waals surface area contributed by atoms with E-state index in [9.17, 15) is 4.79 Å². The van der Waals surface area contributed by atoms with Gasteiger partial charge in [-0.1, -0.05) is 78.1 Å². The molecule has 0 bridgehead atoms. The molecule has 0 saturated heterocycles. The van der Waals surface area contributed by atoms with E-state index in [1.54, 1.807) is 18.3 Å². The molecule has 0 unspecified atom stereocenters. The molecular weight excluding hydrogens is 488 g/mol. The Balaban J connectivity index is 1.39. The zero-order valence-electron chi connectivity index (χ0n) is 23.7. The van der Waals surface area contributed by atoms with Crippen LogP contribution in [0.4, 0.5) is 0 Å². The van der Waals surface area contributed by atoms with Crippen molar-refractivity contribution >= 4 is 5.97 Å². The van der Waals surface area contributed by atoms with Gasteiger partial charge >= 0.3 is 5.97 Å². The molecule has 2 aromatic carbocycles. The molecule has 0 N–H and O–H groups in total. The van der Waals surface area contributed by atoms with E-state index in [-0.39, 0.29) is 5.69 Å². The SMILES string of the molecule is CCCCCCCCOc1ccc(OC(=O)c2cnc(-c3ccc(OCCCCCCCC)cc3)cn2)cc1. The van der Waals surface area contributed by atoms with Crippen molar-refractivity contribution in [2.45, 2.75) is 90.9 Å². The summed E-state index contributed by atoms with van der Waals surface area (Å²) in [5, 5.41) is 0. The lowest BCUT2D eigenvalue weighted by Gasteiger charge is -2.08. The van der Waals surface area contributed by atoms with Gasteiger partial charge in [-0.05, 0) is 61.4 Å². The summed E-state index contributed by atoms with van der Waals surface area (Å²) in [4.78, 5) is 21.2. The van der Waals surface area contributed by atoms with Gasteiger partial charge < -0.3 is 14.2 Å². The van der Waals surface area contributed by atoms with Crippen LogP contribution in [0.15, 0.2) is 60.9 Å². The Bertz CT molecular complexity index is 1070. The topological polar surface area (TPSA) is 70.5 Å². The summed E-state index contributed by atoms with van der Waals surface area (Å²) in [6.07, 6.45) is 17.8. The summed E-state index contributed by atoms with van der Waals surface area (Å²) >= 11 is 0. The molecule has 1 heterocycles. The largest absolute Gasteiger partial charge is 0.494 e. The highest BCUT2D eigenvalue weighted by molar-refractivity contribution is 5.88. The Labute approximate surface area is 234 Å². The number of esters is 1. The Morgan fingerprint density at radius 3 is 1.59 bits per heavy atom. The standard InChI is InChI=1S/C33H44N2O4/c1-3-5-7-9-11-13-23-37-28-17-15-27(16-18-28)31-25-35-32(26-34-31)33(36)39-30-21-19-29(20-22-30)38-24-14-12-10-8-6-4-2/h15-22,25-26H,3-14,23-24H2,1-2H3. The minimum atomic E-state index is -0.548. The average molecular weight is 533 g/mol. The van der Waals surface area contributed by atoms with Gasteiger partial charge in [0.15, 0.2) is 5.69 Å². The van der Waals surface area contributed by atoms with Crippen LogP contribution in [-0.2, 0) is 0 Å². The first-order valence-electron chi connectivity index (χ1n) is 14.7. The highest BCUT2D eigenvalue weighted by Crippen LogP contribution is 2.22. The van der Waals surface area contributed by atoms with Gasteiger partial charge in [0.1, 0.15) is 17.2 Å². The normalized spacial score (nSPS) is 10.8. The third-order valence-corrected chi connectivity index (χ3v) is 6.58. The van der Waals surface area contributed by atoms with Crippen molar-refractivity contribution < 1.29 is 19.0 Å². The van der Waals surface area contributed by atoms with Crippen LogP contribution in [0.5, 0.6) is 17.2 Å². The van der Waals surface area contributed by atoms with Crippen LogP contribution in [0, 0.1) is 0 Å². The summed E-state index contributed by atoms with van der Waals surface area (Å²) in [6.45, 7) is 5.89. The van der Waals surface area contributed by atoms with Crippen molar-refractivity contribution in [1.82, 2.24) is 9.97 Å². The molecule has 39 heavy (non-hydrogen) atoms. The number of ether oxygens (including phenoxy) is 3. The first-order valence-corrected chi connectivity index (χ1v) is 14.7. The first kappa shape index (κ1) is 30.1. The number of unbranched alkanes of at least 4 members (excludes halogenated alkanes) is 10. The first-order chi connectivity index (χ1) is 19.2. The summed E-state index contributed by atoms with van der Waals surface area (Å²) in [5.41, 5.74) is 1.74. The number of hydrogen-bond donors (Lipinski definition) is 0. The molecule has 210 valence electrons. The molecule has 0 aliphatic rings. The molecule has 3 aromatic rings. The second-order valence-electron chi connectivity index (χ2n) is 9.90. The van der Waals surface area contributed by atoms with Crippen LogP contribution >= 0.6 is 0 Å². The lowest BCUT2D eigenvalue weighted by molar-refractivity contribution is 0.0728. The number of nitrogens with zero attached hydrogens (tertiary/aromatic N) is 2. The van der Waals surface area contributed by atoms with Gasteiger partial charge in [-0.15, -0.1) is 0 Å². The maximum Gasteiger partial charge on any atom is 0.363 e. The van der Waals surface area contributed by atoms with Crippen LogP contribution in [0.2, 0.25) is 0 Å². The van der Waals surface area contributed by atoms with Crippen LogP contribution in [0.1, 0.15) is 101 Å². The lowest BCUT2D eigenvalue weighted by atomic mass is 10.1. The fourth-order valence-corrected chi connectivity index (χ4v) is 4.21. The Kier molecular flexibility index (Phi) is 13.9. The predicted molar refractivity (Wildman–Crippen MR) is 157 cm³/mol. The minimum absolute atomic E-state index is 0.154. The van der Waals surface area contributed by atoms with E-state index in [1.807, 2.05) is 36.4 Å². The lowest BCUT2D eigenvalue weighted by Crippen LogP contribution is -2.11. The maximum atomic E-state index is 12.5. The third kappa shape index (κ3) is 11.5. The fourth-order valence-electron chi connectivity index (χ4n) is 4.21. The molecule has 0 amide bonds. The van der Waals surface area contributed by atoms with Gasteiger partial charge in [0, 0.05) is 5.56 Å². The van der Waals surface area contributed by atoms with Crippen molar-refractivity contribution in [2.75, 3.05) is 13.2 Å². The molecule has 0 aliphatic heterocycles. The fraction of sp³-hybridized carbons (Fsp3) is 0.485. The van der Waals surface area contributed by atoms with E-state index in [4.69, 9.17) is 14.2 Å². The van der Waals surface area contributed by atoms with E-state index in [0.29, 0.717) is 18.1 Å². The second kappa shape index (κ2) is 18.0. The number of hydrogen-bond acceptors (Lipinski definition) is 6. The van der Waals surface area contributed by atoms with Gasteiger partial charge in [0.25, 0.3) is 0 Å². The van der Waals surface area contributed by atoms with Crippen molar-refractivity contribution in [3.8, 4) is 28.5 Å².